The number of benzene rings is 1. The van der Waals surface area contributed by atoms with E-state index in [-0.39, 0.29) is 34.8 Å². The predicted octanol–water partition coefficient (Wildman–Crippen LogP) is 5.23. The third kappa shape index (κ3) is 7.43. The lowest BCUT2D eigenvalue weighted by Crippen LogP contribution is -2.52. The zero-order valence-electron chi connectivity index (χ0n) is 27.5. The van der Waals surface area contributed by atoms with Gasteiger partial charge in [-0.15, -0.1) is 0 Å². The maximum Gasteiger partial charge on any atom is 0.416 e. The SMILES string of the molecule is Cc1cc(C(F)(F)F)cc(N2C(=O)C[C@@H]3CN(CCCCC4CN(C(=O)/C(Cl)=C/CN(C)C)C4)c4c(C)cccc4N(C)C(=O)[C@H]32)n1. The molecule has 0 radical (unpaired) electrons. The zero-order chi connectivity index (χ0) is 34.2. The monoisotopic (exact) mass is 674 g/mol. The van der Waals surface area contributed by atoms with Gasteiger partial charge in [-0.2, -0.15) is 13.2 Å². The second-order valence-corrected chi connectivity index (χ2v) is 13.6. The van der Waals surface area contributed by atoms with Crippen molar-refractivity contribution in [2.75, 3.05) is 68.6 Å². The van der Waals surface area contributed by atoms with Gasteiger partial charge in [0.05, 0.1) is 16.9 Å². The van der Waals surface area contributed by atoms with E-state index < -0.39 is 29.6 Å². The van der Waals surface area contributed by atoms with Crippen molar-refractivity contribution in [1.82, 2.24) is 14.8 Å². The number of nitrogens with zero attached hydrogens (tertiary/aromatic N) is 6. The van der Waals surface area contributed by atoms with E-state index in [0.717, 1.165) is 42.6 Å². The van der Waals surface area contributed by atoms with Crippen LogP contribution in [0.4, 0.5) is 30.4 Å². The number of pyridine rings is 1. The number of rotatable bonds is 9. The van der Waals surface area contributed by atoms with Crippen molar-refractivity contribution in [2.45, 2.75) is 51.7 Å². The average molecular weight is 675 g/mol. The molecule has 0 bridgehead atoms. The van der Waals surface area contributed by atoms with Crippen LogP contribution in [0.2, 0.25) is 0 Å². The molecule has 2 fully saturated rings. The minimum absolute atomic E-state index is 0.0242. The quantitative estimate of drug-likeness (QED) is 0.268. The third-order valence-corrected chi connectivity index (χ3v) is 9.57. The van der Waals surface area contributed by atoms with Gasteiger partial charge in [-0.25, -0.2) is 4.98 Å². The van der Waals surface area contributed by atoms with E-state index in [2.05, 4.69) is 9.88 Å². The molecule has 3 amide bonds. The van der Waals surface area contributed by atoms with Gasteiger partial charge in [-0.1, -0.05) is 30.2 Å². The molecule has 0 spiro atoms. The van der Waals surface area contributed by atoms with Gasteiger partial charge >= 0.3 is 6.18 Å². The molecule has 0 unspecified atom stereocenters. The second kappa shape index (κ2) is 13.8. The third-order valence-electron chi connectivity index (χ3n) is 9.25. The molecule has 2 atom stereocenters. The lowest BCUT2D eigenvalue weighted by molar-refractivity contribution is -0.137. The van der Waals surface area contributed by atoms with E-state index in [1.54, 1.807) is 18.0 Å². The molecule has 2 aromatic rings. The van der Waals surface area contributed by atoms with E-state index in [1.165, 1.54) is 16.7 Å². The highest BCUT2D eigenvalue weighted by molar-refractivity contribution is 6.42. The Balaban J connectivity index is 1.30. The number of aryl methyl sites for hydroxylation is 2. The molecule has 0 aliphatic carbocycles. The van der Waals surface area contributed by atoms with Crippen LogP contribution in [-0.4, -0.2) is 92.4 Å². The largest absolute Gasteiger partial charge is 0.416 e. The number of alkyl halides is 3. The Bertz CT molecular complexity index is 1560. The molecule has 0 N–H and O–H groups in total. The molecular weight excluding hydrogens is 633 g/mol. The standard InChI is InChI=1S/C34H42ClF3N6O3/c1-21-9-8-11-27-30(21)42(13-7-6-10-23-18-43(19-23)32(46)26(35)12-14-40(3)4)20-24-16-29(45)44(31(24)33(47)41(27)5)28-17-25(34(36,37)38)15-22(2)39-28/h8-9,11-12,15,17,23-24,31H,6-7,10,13-14,16,18-20H2,1-5H3/b26-12-/t24-,31+/m1/s1. The number of unbranched alkanes of at least 4 members (excludes halogenated alkanes) is 1. The Morgan fingerprint density at radius 2 is 1.83 bits per heavy atom. The number of aromatic nitrogens is 1. The number of halogens is 4. The zero-order valence-corrected chi connectivity index (χ0v) is 28.2. The van der Waals surface area contributed by atoms with Crippen LogP contribution >= 0.6 is 11.6 Å². The van der Waals surface area contributed by atoms with Crippen LogP contribution in [-0.2, 0) is 20.6 Å². The van der Waals surface area contributed by atoms with E-state index >= 15 is 0 Å². The number of hydrogen-bond acceptors (Lipinski definition) is 6. The molecule has 1 aromatic carbocycles. The lowest BCUT2D eigenvalue weighted by atomic mass is 9.93. The van der Waals surface area contributed by atoms with Crippen LogP contribution in [0.3, 0.4) is 0 Å². The Labute approximate surface area is 278 Å². The van der Waals surface area contributed by atoms with Crippen LogP contribution in [0, 0.1) is 25.7 Å². The molecular formula is C34H42ClF3N6O3. The van der Waals surface area contributed by atoms with Crippen molar-refractivity contribution in [3.05, 3.63) is 58.3 Å². The molecule has 3 aliphatic heterocycles. The van der Waals surface area contributed by atoms with Gasteiger partial charge < -0.3 is 19.6 Å². The maximum absolute atomic E-state index is 14.0. The summed E-state index contributed by atoms with van der Waals surface area (Å²) in [5.41, 5.74) is 1.80. The van der Waals surface area contributed by atoms with Crippen molar-refractivity contribution in [2.24, 2.45) is 11.8 Å². The van der Waals surface area contributed by atoms with E-state index in [9.17, 15) is 27.6 Å². The smallest absolute Gasteiger partial charge is 0.369 e. The Kier molecular flexibility index (Phi) is 10.2. The van der Waals surface area contributed by atoms with E-state index in [1.807, 2.05) is 44.1 Å². The number of anilines is 3. The summed E-state index contributed by atoms with van der Waals surface area (Å²) >= 11 is 6.21. The minimum Gasteiger partial charge on any atom is -0.369 e. The Hall–Kier alpha value is -3.64. The van der Waals surface area contributed by atoms with Gasteiger partial charge in [0.15, 0.2) is 0 Å². The fourth-order valence-electron chi connectivity index (χ4n) is 6.86. The van der Waals surface area contributed by atoms with Gasteiger partial charge in [0.25, 0.3) is 5.91 Å². The second-order valence-electron chi connectivity index (χ2n) is 13.2. The number of hydrogen-bond donors (Lipinski definition) is 0. The first-order valence-corrected chi connectivity index (χ1v) is 16.3. The summed E-state index contributed by atoms with van der Waals surface area (Å²) in [6.07, 6.45) is -0.142. The molecule has 5 rings (SSSR count). The molecule has 9 nitrogen and oxygen atoms in total. The molecule has 13 heteroatoms. The predicted molar refractivity (Wildman–Crippen MR) is 177 cm³/mol. The minimum atomic E-state index is -4.62. The summed E-state index contributed by atoms with van der Waals surface area (Å²) in [6.45, 7) is 6.45. The highest BCUT2D eigenvalue weighted by Gasteiger charge is 2.49. The van der Waals surface area contributed by atoms with Crippen molar-refractivity contribution >= 4 is 46.5 Å². The van der Waals surface area contributed by atoms with Crippen LogP contribution in [0.15, 0.2) is 41.4 Å². The van der Waals surface area contributed by atoms with E-state index in [4.69, 9.17) is 11.6 Å². The van der Waals surface area contributed by atoms with Gasteiger partial charge in [0.2, 0.25) is 11.8 Å². The van der Waals surface area contributed by atoms with Crippen molar-refractivity contribution in [3.63, 3.8) is 0 Å². The maximum atomic E-state index is 14.0. The normalized spacial score (nSPS) is 20.8. The first-order chi connectivity index (χ1) is 22.1. The molecule has 1 aromatic heterocycles. The Morgan fingerprint density at radius 1 is 1.11 bits per heavy atom. The molecule has 2 saturated heterocycles. The molecule has 254 valence electrons. The summed E-state index contributed by atoms with van der Waals surface area (Å²) in [4.78, 5) is 53.0. The lowest BCUT2D eigenvalue weighted by Gasteiger charge is -2.40. The van der Waals surface area contributed by atoms with Gasteiger partial charge in [0, 0.05) is 57.8 Å². The highest BCUT2D eigenvalue weighted by atomic mass is 35.5. The summed E-state index contributed by atoms with van der Waals surface area (Å²) < 4.78 is 41.1. The number of likely N-dealkylation sites (N-methyl/N-ethyl adjacent to an activating group) is 2. The van der Waals surface area contributed by atoms with Crippen LogP contribution in [0.1, 0.15) is 42.5 Å². The van der Waals surface area contributed by atoms with Gasteiger partial charge in [0.1, 0.15) is 16.9 Å². The van der Waals surface area contributed by atoms with Crippen molar-refractivity contribution in [3.8, 4) is 0 Å². The summed E-state index contributed by atoms with van der Waals surface area (Å²) in [5.74, 6) is -1.12. The molecule has 3 aliphatic rings. The summed E-state index contributed by atoms with van der Waals surface area (Å²) in [7, 11) is 5.47. The summed E-state index contributed by atoms with van der Waals surface area (Å²) in [5, 5.41) is 0.243. The van der Waals surface area contributed by atoms with Crippen molar-refractivity contribution < 1.29 is 27.6 Å². The van der Waals surface area contributed by atoms with Gasteiger partial charge in [-0.3, -0.25) is 19.3 Å². The van der Waals surface area contributed by atoms with Crippen LogP contribution in [0.25, 0.3) is 0 Å². The first kappa shape index (κ1) is 34.7. The molecule has 47 heavy (non-hydrogen) atoms. The Morgan fingerprint density at radius 3 is 2.51 bits per heavy atom. The van der Waals surface area contributed by atoms with Crippen molar-refractivity contribution in [1.29, 1.82) is 0 Å². The van der Waals surface area contributed by atoms with Crippen LogP contribution in [0.5, 0.6) is 0 Å². The number of para-hydroxylation sites is 1. The number of amides is 3. The first-order valence-electron chi connectivity index (χ1n) is 16.0. The number of carbonyl (C=O) groups excluding carboxylic acids is 3. The number of carbonyl (C=O) groups is 3. The number of likely N-dealkylation sites (tertiary alicyclic amines) is 1. The van der Waals surface area contributed by atoms with Crippen LogP contribution < -0.4 is 14.7 Å². The summed E-state index contributed by atoms with van der Waals surface area (Å²) in [6, 6.07) is 6.53. The fourth-order valence-corrected chi connectivity index (χ4v) is 7.05. The molecule has 0 saturated carbocycles. The topological polar surface area (TPSA) is 80.3 Å². The van der Waals surface area contributed by atoms with E-state index in [0.29, 0.717) is 44.3 Å². The fraction of sp³-hybridized carbons (Fsp3) is 0.529. The number of fused-ring (bicyclic) bond motifs is 2. The molecule has 4 heterocycles. The highest BCUT2D eigenvalue weighted by Crippen LogP contribution is 2.41. The average Bonchev–Trinajstić information content (AvgIpc) is 3.30. The van der Waals surface area contributed by atoms with Gasteiger partial charge in [-0.05, 0) is 76.5 Å².